The largest absolute Gasteiger partial charge is 0.444 e. The quantitative estimate of drug-likeness (QED) is 0.722. The first-order chi connectivity index (χ1) is 7.18. The fraction of sp³-hybridized carbons (Fsp3) is 0.917. The lowest BCUT2D eigenvalue weighted by molar-refractivity contribution is 0.0487. The molecule has 1 unspecified atom stereocenters. The molecule has 1 saturated heterocycles. The maximum absolute atomic E-state index is 11.5. The molecular formula is C12H24N2O2. The Hall–Kier alpha value is -0.770. The monoisotopic (exact) mass is 228 g/mol. The summed E-state index contributed by atoms with van der Waals surface area (Å²) in [6, 6.07) is 0.183. The van der Waals surface area contributed by atoms with Crippen molar-refractivity contribution in [3.8, 4) is 0 Å². The van der Waals surface area contributed by atoms with Gasteiger partial charge in [-0.25, -0.2) is 4.79 Å². The lowest BCUT2D eigenvalue weighted by Gasteiger charge is -2.36. The highest BCUT2D eigenvalue weighted by Crippen LogP contribution is 2.18. The van der Waals surface area contributed by atoms with Crippen LogP contribution < -0.4 is 10.6 Å². The number of hydrogen-bond donors (Lipinski definition) is 2. The molecule has 2 N–H and O–H groups in total. The second-order valence-corrected chi connectivity index (χ2v) is 6.15. The number of alkyl carbamates (subject to hydrolysis) is 1. The van der Waals surface area contributed by atoms with Gasteiger partial charge in [-0.3, -0.25) is 0 Å². The number of ether oxygens (including phenoxy) is 1. The molecule has 1 rings (SSSR count). The fourth-order valence-corrected chi connectivity index (χ4v) is 1.72. The van der Waals surface area contributed by atoms with Gasteiger partial charge < -0.3 is 15.4 Å². The number of carbonyl (C=O) groups excluding carboxylic acids is 1. The van der Waals surface area contributed by atoms with E-state index in [1.165, 1.54) is 0 Å². The van der Waals surface area contributed by atoms with Crippen molar-refractivity contribution in [1.82, 2.24) is 10.6 Å². The van der Waals surface area contributed by atoms with Crippen molar-refractivity contribution < 1.29 is 9.53 Å². The Kier molecular flexibility index (Phi) is 3.84. The second-order valence-electron chi connectivity index (χ2n) is 6.15. The summed E-state index contributed by atoms with van der Waals surface area (Å²) in [7, 11) is 0. The molecule has 0 aliphatic carbocycles. The van der Waals surface area contributed by atoms with E-state index in [0.717, 1.165) is 19.4 Å². The van der Waals surface area contributed by atoms with Crippen LogP contribution >= 0.6 is 0 Å². The van der Waals surface area contributed by atoms with Gasteiger partial charge in [0.25, 0.3) is 0 Å². The lowest BCUT2D eigenvalue weighted by Crippen LogP contribution is -2.54. The van der Waals surface area contributed by atoms with Crippen LogP contribution in [0.1, 0.15) is 47.5 Å². The first-order valence-electron chi connectivity index (χ1n) is 5.92. The maximum Gasteiger partial charge on any atom is 0.407 e. The normalized spacial score (nSPS) is 24.9. The minimum absolute atomic E-state index is 0.183. The predicted octanol–water partition coefficient (Wildman–Crippen LogP) is 2.04. The molecule has 1 aliphatic rings. The summed E-state index contributed by atoms with van der Waals surface area (Å²) < 4.78 is 5.21. The van der Waals surface area contributed by atoms with Crippen molar-refractivity contribution in [2.45, 2.75) is 64.6 Å². The highest BCUT2D eigenvalue weighted by Gasteiger charge is 2.27. The van der Waals surface area contributed by atoms with Crippen LogP contribution in [-0.2, 0) is 4.74 Å². The number of hydrogen-bond acceptors (Lipinski definition) is 3. The summed E-state index contributed by atoms with van der Waals surface area (Å²) in [6.45, 7) is 10.8. The summed E-state index contributed by atoms with van der Waals surface area (Å²) in [5.41, 5.74) is -0.239. The summed E-state index contributed by atoms with van der Waals surface area (Å²) in [4.78, 5) is 11.5. The van der Waals surface area contributed by atoms with E-state index in [2.05, 4.69) is 24.5 Å². The van der Waals surface area contributed by atoms with Crippen molar-refractivity contribution in [3.63, 3.8) is 0 Å². The van der Waals surface area contributed by atoms with Gasteiger partial charge in [-0.2, -0.15) is 0 Å². The van der Waals surface area contributed by atoms with Crippen LogP contribution in [0.3, 0.4) is 0 Å². The molecule has 0 spiro atoms. The standard InChI is InChI=1S/C12H24N2O2/c1-11(2,3)16-10(15)14-9-6-7-12(4,5)13-8-9/h9,13H,6-8H2,1-5H3,(H,14,15). The maximum atomic E-state index is 11.5. The van der Waals surface area contributed by atoms with Crippen LogP contribution in [0, 0.1) is 0 Å². The van der Waals surface area contributed by atoms with Gasteiger partial charge >= 0.3 is 6.09 Å². The van der Waals surface area contributed by atoms with E-state index in [1.807, 2.05) is 20.8 Å². The van der Waals surface area contributed by atoms with Crippen LogP contribution in [-0.4, -0.2) is 29.8 Å². The molecule has 1 fully saturated rings. The minimum atomic E-state index is -0.425. The molecule has 1 amide bonds. The Morgan fingerprint density at radius 3 is 2.50 bits per heavy atom. The van der Waals surface area contributed by atoms with Gasteiger partial charge in [0.15, 0.2) is 0 Å². The van der Waals surface area contributed by atoms with Gasteiger partial charge in [0.2, 0.25) is 0 Å². The number of piperidine rings is 1. The molecule has 1 aliphatic heterocycles. The topological polar surface area (TPSA) is 50.4 Å². The molecule has 0 aromatic carbocycles. The first kappa shape index (κ1) is 13.3. The van der Waals surface area contributed by atoms with Gasteiger partial charge in [0.1, 0.15) is 5.60 Å². The summed E-state index contributed by atoms with van der Waals surface area (Å²) in [5.74, 6) is 0. The molecule has 0 saturated carbocycles. The SMILES string of the molecule is CC1(C)CCC(NC(=O)OC(C)(C)C)CN1. The molecule has 0 bridgehead atoms. The molecule has 0 aromatic heterocycles. The van der Waals surface area contributed by atoms with E-state index < -0.39 is 5.60 Å². The van der Waals surface area contributed by atoms with Gasteiger partial charge in [-0.1, -0.05) is 0 Å². The van der Waals surface area contributed by atoms with E-state index in [1.54, 1.807) is 0 Å². The van der Waals surface area contributed by atoms with Gasteiger partial charge in [-0.15, -0.1) is 0 Å². The third-order valence-electron chi connectivity index (χ3n) is 2.67. The van der Waals surface area contributed by atoms with E-state index >= 15 is 0 Å². The van der Waals surface area contributed by atoms with Crippen molar-refractivity contribution in [1.29, 1.82) is 0 Å². The second kappa shape index (κ2) is 4.62. The average Bonchev–Trinajstić information content (AvgIpc) is 2.05. The number of carbonyl (C=O) groups is 1. The van der Waals surface area contributed by atoms with Crippen molar-refractivity contribution in [2.24, 2.45) is 0 Å². The molecule has 1 atom stereocenters. The summed E-state index contributed by atoms with van der Waals surface area (Å²) >= 11 is 0. The Labute approximate surface area is 98.1 Å². The number of rotatable bonds is 1. The zero-order valence-electron chi connectivity index (χ0n) is 11.0. The molecule has 1 heterocycles. The molecule has 16 heavy (non-hydrogen) atoms. The first-order valence-corrected chi connectivity index (χ1v) is 5.92. The third kappa shape index (κ3) is 4.84. The average molecular weight is 228 g/mol. The fourth-order valence-electron chi connectivity index (χ4n) is 1.72. The number of nitrogens with one attached hydrogen (secondary N) is 2. The molecule has 4 nitrogen and oxygen atoms in total. The van der Waals surface area contributed by atoms with Crippen LogP contribution in [0.4, 0.5) is 4.79 Å². The Morgan fingerprint density at radius 1 is 1.44 bits per heavy atom. The van der Waals surface area contributed by atoms with Gasteiger partial charge in [0.05, 0.1) is 0 Å². The molecular weight excluding hydrogens is 204 g/mol. The third-order valence-corrected chi connectivity index (χ3v) is 2.67. The van der Waals surface area contributed by atoms with E-state index in [4.69, 9.17) is 4.74 Å². The van der Waals surface area contributed by atoms with Crippen LogP contribution in [0.25, 0.3) is 0 Å². The lowest BCUT2D eigenvalue weighted by atomic mass is 9.91. The van der Waals surface area contributed by atoms with Gasteiger partial charge in [-0.05, 0) is 47.5 Å². The van der Waals surface area contributed by atoms with E-state index in [9.17, 15) is 4.79 Å². The summed E-state index contributed by atoms with van der Waals surface area (Å²) in [5, 5.41) is 6.30. The van der Waals surface area contributed by atoms with E-state index in [0.29, 0.717) is 0 Å². The number of amides is 1. The highest BCUT2D eigenvalue weighted by molar-refractivity contribution is 5.68. The zero-order chi connectivity index (χ0) is 12.4. The highest BCUT2D eigenvalue weighted by atomic mass is 16.6. The van der Waals surface area contributed by atoms with Crippen LogP contribution in [0.2, 0.25) is 0 Å². The molecule has 0 aromatic rings. The Balaban J connectivity index is 2.32. The molecule has 4 heteroatoms. The zero-order valence-corrected chi connectivity index (χ0v) is 11.0. The van der Waals surface area contributed by atoms with Crippen molar-refractivity contribution in [2.75, 3.05) is 6.54 Å². The van der Waals surface area contributed by atoms with Crippen LogP contribution in [0.5, 0.6) is 0 Å². The van der Waals surface area contributed by atoms with Gasteiger partial charge in [0, 0.05) is 18.1 Å². The van der Waals surface area contributed by atoms with Crippen molar-refractivity contribution >= 4 is 6.09 Å². The molecule has 94 valence electrons. The van der Waals surface area contributed by atoms with Crippen molar-refractivity contribution in [3.05, 3.63) is 0 Å². The van der Waals surface area contributed by atoms with E-state index in [-0.39, 0.29) is 17.7 Å². The molecule has 0 radical (unpaired) electrons. The Morgan fingerprint density at radius 2 is 2.06 bits per heavy atom. The minimum Gasteiger partial charge on any atom is -0.444 e. The predicted molar refractivity (Wildman–Crippen MR) is 64.5 cm³/mol. The Bertz CT molecular complexity index is 246. The summed E-state index contributed by atoms with van der Waals surface area (Å²) in [6.07, 6.45) is 1.74. The van der Waals surface area contributed by atoms with Crippen LogP contribution in [0.15, 0.2) is 0 Å². The smallest absolute Gasteiger partial charge is 0.407 e.